The average Bonchev–Trinajstić information content (AvgIpc) is 2.53. The molecule has 0 saturated carbocycles. The molecule has 22 heavy (non-hydrogen) atoms. The molecule has 0 fully saturated rings. The van der Waals surface area contributed by atoms with Crippen LogP contribution in [-0.2, 0) is 30.4 Å². The summed E-state index contributed by atoms with van der Waals surface area (Å²) in [5, 5.41) is 2.15. The fourth-order valence-electron chi connectivity index (χ4n) is 2.45. The Balaban J connectivity index is 2.11. The summed E-state index contributed by atoms with van der Waals surface area (Å²) < 4.78 is 39.6. The number of fused-ring (bicyclic) bond motifs is 1. The predicted octanol–water partition coefficient (Wildman–Crippen LogP) is 4.97. The minimum atomic E-state index is -4.31. The van der Waals surface area contributed by atoms with E-state index in [0.717, 1.165) is 49.8 Å². The van der Waals surface area contributed by atoms with Crippen LogP contribution < -0.4 is 0 Å². The normalized spacial score (nSPS) is 11.7. The summed E-state index contributed by atoms with van der Waals surface area (Å²) in [6.45, 7) is 0. The molecule has 0 nitrogen and oxygen atoms in total. The fourth-order valence-corrected chi connectivity index (χ4v) is 3.37. The van der Waals surface area contributed by atoms with Crippen LogP contribution >= 0.6 is 0 Å². The summed E-state index contributed by atoms with van der Waals surface area (Å²) in [6, 6.07) is 19.4. The van der Waals surface area contributed by atoms with Gasteiger partial charge in [-0.25, -0.2) is 0 Å². The van der Waals surface area contributed by atoms with E-state index in [1.165, 1.54) is 12.1 Å². The van der Waals surface area contributed by atoms with E-state index in [9.17, 15) is 13.2 Å². The van der Waals surface area contributed by atoms with Gasteiger partial charge in [-0.2, -0.15) is 0 Å². The Morgan fingerprint density at radius 3 is 2.27 bits per heavy atom. The number of alkyl halides is 3. The van der Waals surface area contributed by atoms with Crippen molar-refractivity contribution >= 4 is 14.0 Å². The van der Waals surface area contributed by atoms with E-state index in [0.29, 0.717) is 5.56 Å². The van der Waals surface area contributed by atoms with Gasteiger partial charge in [0.2, 0.25) is 0 Å². The van der Waals surface area contributed by atoms with E-state index in [4.69, 9.17) is 0 Å². The first kappa shape index (κ1) is 15.4. The zero-order valence-corrected chi connectivity index (χ0v) is 13.9. The number of hydrogen-bond donors (Lipinski definition) is 0. The van der Waals surface area contributed by atoms with Crippen LogP contribution in [0.25, 0.3) is 10.8 Å². The van der Waals surface area contributed by atoms with Crippen LogP contribution in [0.5, 0.6) is 0 Å². The Labute approximate surface area is 140 Å². The van der Waals surface area contributed by atoms with Crippen LogP contribution in [0, 0.1) is 0 Å². The maximum atomic E-state index is 12.9. The van der Waals surface area contributed by atoms with E-state index in [1.807, 2.05) is 42.5 Å². The molecule has 3 aromatic rings. The molecule has 106 valence electrons. The van der Waals surface area contributed by atoms with Crippen LogP contribution in [0.4, 0.5) is 13.2 Å². The molecule has 0 aromatic heterocycles. The molecule has 0 heterocycles. The molecule has 0 spiro atoms. The Kier molecular flexibility index (Phi) is 4.14. The molecule has 0 amide bonds. The molecule has 0 bridgehead atoms. The van der Waals surface area contributed by atoms with Gasteiger partial charge in [0.25, 0.3) is 0 Å². The number of benzene rings is 3. The van der Waals surface area contributed by atoms with Crippen molar-refractivity contribution in [1.29, 1.82) is 0 Å². The third kappa shape index (κ3) is 2.98. The van der Waals surface area contributed by atoms with Crippen molar-refractivity contribution < 1.29 is 37.4 Å². The van der Waals surface area contributed by atoms with Gasteiger partial charge in [0.15, 0.2) is 0 Å². The molecule has 3 aromatic carbocycles. The van der Waals surface area contributed by atoms with Gasteiger partial charge in [0.05, 0.1) is 0 Å². The summed E-state index contributed by atoms with van der Waals surface area (Å²) in [7, 11) is 0. The number of rotatable bonds is 2. The number of hydrogen-bond acceptors (Lipinski definition) is 0. The molecule has 0 unspecified atom stereocenters. The molecule has 0 aliphatic carbocycles. The second kappa shape index (κ2) is 5.93. The molecule has 0 atom stereocenters. The number of halogens is 3. The zero-order valence-electron chi connectivity index (χ0n) is 11.5. The Bertz CT molecular complexity index is 845. The van der Waals surface area contributed by atoms with Gasteiger partial charge in [-0.05, 0) is 0 Å². The Hall–Kier alpha value is -1.54. The van der Waals surface area contributed by atoms with Gasteiger partial charge in [-0.3, -0.25) is 0 Å². The van der Waals surface area contributed by atoms with Crippen molar-refractivity contribution in [2.45, 2.75) is 6.18 Å². The van der Waals surface area contributed by atoms with Gasteiger partial charge in [0.1, 0.15) is 0 Å². The quantitative estimate of drug-likeness (QED) is 0.593. The third-order valence-electron chi connectivity index (χ3n) is 3.54. The SMILES string of the molecule is FC(F)(F)c1cccc([C](=[Zr+2])c2cccc3ccccc23)c1. The molecule has 0 radical (unpaired) electrons. The van der Waals surface area contributed by atoms with Gasteiger partial charge in [-0.15, -0.1) is 0 Å². The van der Waals surface area contributed by atoms with Gasteiger partial charge in [-0.1, -0.05) is 0 Å². The monoisotopic (exact) mass is 374 g/mol. The average molecular weight is 376 g/mol. The van der Waals surface area contributed by atoms with Gasteiger partial charge < -0.3 is 0 Å². The molecule has 4 heteroatoms. The first-order chi connectivity index (χ1) is 10.5. The van der Waals surface area contributed by atoms with E-state index < -0.39 is 11.7 Å². The molecular weight excluding hydrogens is 364 g/mol. The predicted molar refractivity (Wildman–Crippen MR) is 78.6 cm³/mol. The topological polar surface area (TPSA) is 0 Å². The van der Waals surface area contributed by atoms with E-state index >= 15 is 0 Å². The third-order valence-corrected chi connectivity index (χ3v) is 4.91. The molecule has 0 N–H and O–H groups in total. The fraction of sp³-hybridized carbons (Fsp3) is 0.0556. The first-order valence-corrected chi connectivity index (χ1v) is 7.94. The Morgan fingerprint density at radius 1 is 0.818 bits per heavy atom. The van der Waals surface area contributed by atoms with E-state index in [2.05, 4.69) is 0 Å². The van der Waals surface area contributed by atoms with Crippen LogP contribution in [0.2, 0.25) is 0 Å². The zero-order chi connectivity index (χ0) is 15.7. The Morgan fingerprint density at radius 2 is 1.50 bits per heavy atom. The van der Waals surface area contributed by atoms with Crippen molar-refractivity contribution in [2.24, 2.45) is 0 Å². The standard InChI is InChI=1S/C18H11F3.Zr/c19-18(20,21)16-9-3-5-13(12-16)11-15-8-4-7-14-6-1-2-10-17(14)15;/h1-10,12H;/q;+2. The van der Waals surface area contributed by atoms with Gasteiger partial charge >= 0.3 is 141 Å². The molecular formula is C18H11F3Zr+2. The van der Waals surface area contributed by atoms with Crippen LogP contribution in [0.15, 0.2) is 66.7 Å². The summed E-state index contributed by atoms with van der Waals surface area (Å²) in [5.74, 6) is 0. The van der Waals surface area contributed by atoms with Crippen molar-refractivity contribution in [3.63, 3.8) is 0 Å². The van der Waals surface area contributed by atoms with Crippen LogP contribution in [-0.4, -0.2) is 3.21 Å². The molecule has 3 rings (SSSR count). The summed E-state index contributed by atoms with van der Waals surface area (Å²) >= 11 is 1.09. The van der Waals surface area contributed by atoms with Crippen molar-refractivity contribution in [3.05, 3.63) is 83.4 Å². The second-order valence-corrected chi connectivity index (χ2v) is 6.21. The maximum absolute atomic E-state index is 12.9. The van der Waals surface area contributed by atoms with Crippen LogP contribution in [0.3, 0.4) is 0 Å². The van der Waals surface area contributed by atoms with E-state index in [1.54, 1.807) is 6.07 Å². The molecule has 0 saturated heterocycles. The summed E-state index contributed by atoms with van der Waals surface area (Å²) in [5.41, 5.74) is 1.02. The van der Waals surface area contributed by atoms with Crippen molar-refractivity contribution in [3.8, 4) is 0 Å². The summed E-state index contributed by atoms with van der Waals surface area (Å²) in [6.07, 6.45) is -4.31. The van der Waals surface area contributed by atoms with E-state index in [-0.39, 0.29) is 0 Å². The van der Waals surface area contributed by atoms with Crippen molar-refractivity contribution in [1.82, 2.24) is 0 Å². The first-order valence-electron chi connectivity index (χ1n) is 6.71. The van der Waals surface area contributed by atoms with Gasteiger partial charge in [0, 0.05) is 0 Å². The second-order valence-electron chi connectivity index (χ2n) is 4.98. The van der Waals surface area contributed by atoms with Crippen molar-refractivity contribution in [2.75, 3.05) is 0 Å². The minimum absolute atomic E-state index is 0.606. The molecule has 0 aliphatic rings. The van der Waals surface area contributed by atoms with Crippen LogP contribution in [0.1, 0.15) is 16.7 Å². The summed E-state index contributed by atoms with van der Waals surface area (Å²) in [4.78, 5) is 0. The molecule has 0 aliphatic heterocycles.